The van der Waals surface area contributed by atoms with Crippen molar-refractivity contribution in [1.82, 2.24) is 14.8 Å². The van der Waals surface area contributed by atoms with Gasteiger partial charge in [-0.25, -0.2) is 0 Å². The van der Waals surface area contributed by atoms with Crippen molar-refractivity contribution in [3.63, 3.8) is 0 Å². The van der Waals surface area contributed by atoms with E-state index in [9.17, 15) is 9.59 Å². The van der Waals surface area contributed by atoms with Gasteiger partial charge in [0.05, 0.1) is 12.0 Å². The Morgan fingerprint density at radius 2 is 2.04 bits per heavy atom. The number of hydrogen-bond acceptors (Lipinski definition) is 3. The summed E-state index contributed by atoms with van der Waals surface area (Å²) >= 11 is 6.05. The normalized spacial score (nSPS) is 17.6. The SMILES string of the molecule is C=CC(=O)N1CCCC(C(=O)N(C)C(c2ccc(Cl)cc2)c2cccnc2)C1. The number of likely N-dealkylation sites (tertiary alicyclic amines) is 1. The zero-order valence-corrected chi connectivity index (χ0v) is 16.7. The van der Waals surface area contributed by atoms with Crippen LogP contribution in [0.5, 0.6) is 0 Å². The number of hydrogen-bond donors (Lipinski definition) is 0. The van der Waals surface area contributed by atoms with Crippen LogP contribution in [-0.4, -0.2) is 46.7 Å². The maximum Gasteiger partial charge on any atom is 0.245 e. The fraction of sp³-hybridized carbons (Fsp3) is 0.318. The number of aromatic nitrogens is 1. The van der Waals surface area contributed by atoms with Gasteiger partial charge in [0.25, 0.3) is 0 Å². The van der Waals surface area contributed by atoms with Crippen molar-refractivity contribution in [3.05, 3.63) is 77.6 Å². The van der Waals surface area contributed by atoms with Crippen molar-refractivity contribution in [2.24, 2.45) is 5.92 Å². The molecule has 2 heterocycles. The highest BCUT2D eigenvalue weighted by Gasteiger charge is 2.33. The molecular formula is C22H24ClN3O2. The zero-order chi connectivity index (χ0) is 20.1. The fourth-order valence-electron chi connectivity index (χ4n) is 3.75. The van der Waals surface area contributed by atoms with E-state index in [4.69, 9.17) is 11.6 Å². The molecule has 28 heavy (non-hydrogen) atoms. The van der Waals surface area contributed by atoms with Gasteiger partial charge >= 0.3 is 0 Å². The van der Waals surface area contributed by atoms with Crippen LogP contribution in [0.4, 0.5) is 0 Å². The molecule has 0 spiro atoms. The van der Waals surface area contributed by atoms with E-state index >= 15 is 0 Å². The van der Waals surface area contributed by atoms with E-state index in [1.54, 1.807) is 22.2 Å². The molecule has 1 aliphatic heterocycles. The van der Waals surface area contributed by atoms with Crippen LogP contribution in [0.25, 0.3) is 0 Å². The number of carbonyl (C=O) groups excluding carboxylic acids is 2. The van der Waals surface area contributed by atoms with Crippen molar-refractivity contribution in [1.29, 1.82) is 0 Å². The number of amides is 2. The lowest BCUT2D eigenvalue weighted by Crippen LogP contribution is -2.46. The second-order valence-corrected chi connectivity index (χ2v) is 7.45. The molecule has 0 aliphatic carbocycles. The summed E-state index contributed by atoms with van der Waals surface area (Å²) in [5.41, 5.74) is 1.89. The van der Waals surface area contributed by atoms with Crippen LogP contribution in [0.1, 0.15) is 30.0 Å². The summed E-state index contributed by atoms with van der Waals surface area (Å²) in [7, 11) is 1.81. The van der Waals surface area contributed by atoms with E-state index in [0.717, 1.165) is 24.0 Å². The van der Waals surface area contributed by atoms with E-state index in [2.05, 4.69) is 11.6 Å². The Kier molecular flexibility index (Phi) is 6.47. The van der Waals surface area contributed by atoms with E-state index < -0.39 is 0 Å². The molecule has 1 aromatic carbocycles. The quantitative estimate of drug-likeness (QED) is 0.723. The molecule has 1 aliphatic rings. The van der Waals surface area contributed by atoms with Crippen LogP contribution in [0.3, 0.4) is 0 Å². The van der Waals surface area contributed by atoms with Gasteiger partial charge < -0.3 is 9.80 Å². The first-order valence-electron chi connectivity index (χ1n) is 9.34. The number of halogens is 1. The zero-order valence-electron chi connectivity index (χ0n) is 15.9. The molecule has 6 heteroatoms. The third kappa shape index (κ3) is 4.42. The molecule has 2 amide bonds. The molecular weight excluding hydrogens is 374 g/mol. The summed E-state index contributed by atoms with van der Waals surface area (Å²) in [4.78, 5) is 33.0. The average molecular weight is 398 g/mol. The maximum absolute atomic E-state index is 13.3. The predicted molar refractivity (Wildman–Crippen MR) is 110 cm³/mol. The summed E-state index contributed by atoms with van der Waals surface area (Å²) in [6.45, 7) is 4.64. The minimum Gasteiger partial charge on any atom is -0.338 e. The van der Waals surface area contributed by atoms with Gasteiger partial charge in [-0.2, -0.15) is 0 Å². The number of piperidine rings is 1. The first-order valence-corrected chi connectivity index (χ1v) is 9.72. The number of benzene rings is 1. The van der Waals surface area contributed by atoms with Gasteiger partial charge in [-0.3, -0.25) is 14.6 Å². The van der Waals surface area contributed by atoms with E-state index in [1.807, 2.05) is 43.4 Å². The van der Waals surface area contributed by atoms with Gasteiger partial charge in [0.2, 0.25) is 11.8 Å². The van der Waals surface area contributed by atoms with Gasteiger partial charge in [0.1, 0.15) is 0 Å². The first kappa shape index (κ1) is 20.1. The Morgan fingerprint density at radius 1 is 1.29 bits per heavy atom. The lowest BCUT2D eigenvalue weighted by molar-refractivity contribution is -0.139. The van der Waals surface area contributed by atoms with Crippen molar-refractivity contribution < 1.29 is 9.59 Å². The van der Waals surface area contributed by atoms with Crippen LogP contribution >= 0.6 is 11.6 Å². The third-order valence-corrected chi connectivity index (χ3v) is 5.43. The summed E-state index contributed by atoms with van der Waals surface area (Å²) in [5.74, 6) is -0.332. The van der Waals surface area contributed by atoms with Crippen LogP contribution < -0.4 is 0 Å². The minimum absolute atomic E-state index is 0.0189. The molecule has 2 atom stereocenters. The molecule has 146 valence electrons. The summed E-state index contributed by atoms with van der Waals surface area (Å²) in [5, 5.41) is 0.647. The van der Waals surface area contributed by atoms with Crippen molar-refractivity contribution >= 4 is 23.4 Å². The second-order valence-electron chi connectivity index (χ2n) is 7.02. The molecule has 2 unspecified atom stereocenters. The molecule has 3 rings (SSSR count). The number of rotatable bonds is 5. The average Bonchev–Trinajstić information content (AvgIpc) is 2.75. The topological polar surface area (TPSA) is 53.5 Å². The summed E-state index contributed by atoms with van der Waals surface area (Å²) in [6.07, 6.45) is 6.37. The third-order valence-electron chi connectivity index (χ3n) is 5.18. The summed E-state index contributed by atoms with van der Waals surface area (Å²) in [6, 6.07) is 11.1. The van der Waals surface area contributed by atoms with Gasteiger partial charge in [0, 0.05) is 37.6 Å². The van der Waals surface area contributed by atoms with E-state index in [1.165, 1.54) is 6.08 Å². The van der Waals surface area contributed by atoms with Crippen molar-refractivity contribution in [3.8, 4) is 0 Å². The van der Waals surface area contributed by atoms with Gasteiger partial charge in [-0.15, -0.1) is 0 Å². The lowest BCUT2D eigenvalue weighted by atomic mass is 9.93. The molecule has 5 nitrogen and oxygen atoms in total. The van der Waals surface area contributed by atoms with Gasteiger partial charge in [-0.1, -0.05) is 36.4 Å². The van der Waals surface area contributed by atoms with E-state index in [0.29, 0.717) is 18.1 Å². The molecule has 1 aromatic heterocycles. The van der Waals surface area contributed by atoms with Gasteiger partial charge in [0.15, 0.2) is 0 Å². The Balaban J connectivity index is 1.87. The number of nitrogens with zero attached hydrogens (tertiary/aromatic N) is 3. The number of carbonyl (C=O) groups is 2. The summed E-state index contributed by atoms with van der Waals surface area (Å²) < 4.78 is 0. The molecule has 1 saturated heterocycles. The highest BCUT2D eigenvalue weighted by molar-refractivity contribution is 6.30. The number of pyridine rings is 1. The first-order chi connectivity index (χ1) is 13.5. The lowest BCUT2D eigenvalue weighted by Gasteiger charge is -2.36. The maximum atomic E-state index is 13.3. The Bertz CT molecular complexity index is 839. The highest BCUT2D eigenvalue weighted by atomic mass is 35.5. The monoisotopic (exact) mass is 397 g/mol. The largest absolute Gasteiger partial charge is 0.338 e. The van der Waals surface area contributed by atoms with Crippen LogP contribution in [-0.2, 0) is 9.59 Å². The smallest absolute Gasteiger partial charge is 0.245 e. The molecule has 1 fully saturated rings. The van der Waals surface area contributed by atoms with Gasteiger partial charge in [-0.05, 0) is 48.2 Å². The standard InChI is InChI=1S/C22H24ClN3O2/c1-3-20(27)26-13-5-7-18(15-26)22(28)25(2)21(17-6-4-12-24-14-17)16-8-10-19(23)11-9-16/h3-4,6,8-12,14,18,21H,1,5,7,13,15H2,2H3. The molecule has 0 radical (unpaired) electrons. The Hall–Kier alpha value is -2.66. The highest BCUT2D eigenvalue weighted by Crippen LogP contribution is 2.30. The Labute approximate surface area is 170 Å². The minimum atomic E-state index is -0.274. The second kappa shape index (κ2) is 9.02. The molecule has 0 saturated carbocycles. The predicted octanol–water partition coefficient (Wildman–Crippen LogP) is 3.71. The molecule has 2 aromatic rings. The van der Waals surface area contributed by atoms with Crippen LogP contribution in [0.15, 0.2) is 61.4 Å². The van der Waals surface area contributed by atoms with Crippen LogP contribution in [0.2, 0.25) is 5.02 Å². The molecule has 0 bridgehead atoms. The van der Waals surface area contributed by atoms with Crippen molar-refractivity contribution in [2.75, 3.05) is 20.1 Å². The van der Waals surface area contributed by atoms with Crippen molar-refractivity contribution in [2.45, 2.75) is 18.9 Å². The van der Waals surface area contributed by atoms with E-state index in [-0.39, 0.29) is 23.8 Å². The fourth-order valence-corrected chi connectivity index (χ4v) is 3.87. The Morgan fingerprint density at radius 3 is 2.68 bits per heavy atom. The molecule has 0 N–H and O–H groups in total. The van der Waals surface area contributed by atoms with Crippen LogP contribution in [0, 0.1) is 5.92 Å².